The highest BCUT2D eigenvalue weighted by atomic mass is 32.2. The number of amides is 1. The average molecular weight is 589 g/mol. The second-order valence-corrected chi connectivity index (χ2v) is 11.9. The van der Waals surface area contributed by atoms with E-state index in [-0.39, 0.29) is 10.6 Å². The van der Waals surface area contributed by atoms with Crippen LogP contribution < -0.4 is 19.2 Å². The van der Waals surface area contributed by atoms with Gasteiger partial charge in [0.1, 0.15) is 6.54 Å². The number of carbonyl (C=O) groups excluding carboxylic acids is 1. The van der Waals surface area contributed by atoms with E-state index in [1.165, 1.54) is 32.4 Å². The molecule has 0 saturated heterocycles. The molecule has 1 amide bonds. The first-order chi connectivity index (χ1) is 20.0. The van der Waals surface area contributed by atoms with Gasteiger partial charge in [-0.05, 0) is 76.1 Å². The van der Waals surface area contributed by atoms with Crippen molar-refractivity contribution < 1.29 is 22.7 Å². The first kappa shape index (κ1) is 30.4. The number of aryl methyl sites for hydroxylation is 4. The maximum Gasteiger partial charge on any atom is 0.264 e. The van der Waals surface area contributed by atoms with E-state index in [4.69, 9.17) is 9.47 Å². The van der Waals surface area contributed by atoms with Gasteiger partial charge in [0.05, 0.1) is 36.7 Å². The third-order valence-corrected chi connectivity index (χ3v) is 8.87. The summed E-state index contributed by atoms with van der Waals surface area (Å²) in [6.45, 7) is 9.52. The summed E-state index contributed by atoms with van der Waals surface area (Å²) in [7, 11) is -1.17. The van der Waals surface area contributed by atoms with Gasteiger partial charge in [-0.1, -0.05) is 35.9 Å². The Morgan fingerprint density at radius 3 is 2.17 bits per heavy atom. The smallest absolute Gasteiger partial charge is 0.264 e. The Morgan fingerprint density at radius 2 is 1.55 bits per heavy atom. The lowest BCUT2D eigenvalue weighted by molar-refractivity contribution is -0.119. The van der Waals surface area contributed by atoms with Gasteiger partial charge < -0.3 is 14.0 Å². The van der Waals surface area contributed by atoms with Gasteiger partial charge in [-0.25, -0.2) is 13.8 Å². The van der Waals surface area contributed by atoms with E-state index in [2.05, 4.69) is 41.1 Å². The van der Waals surface area contributed by atoms with E-state index in [9.17, 15) is 13.2 Å². The van der Waals surface area contributed by atoms with Crippen LogP contribution in [0, 0.1) is 34.6 Å². The van der Waals surface area contributed by atoms with Crippen molar-refractivity contribution in [3.05, 3.63) is 100 Å². The summed E-state index contributed by atoms with van der Waals surface area (Å²) >= 11 is 0. The second kappa shape index (κ2) is 12.5. The number of sulfonamides is 1. The van der Waals surface area contributed by atoms with Crippen molar-refractivity contribution in [2.75, 3.05) is 25.1 Å². The van der Waals surface area contributed by atoms with Gasteiger partial charge in [-0.2, -0.15) is 5.10 Å². The minimum atomic E-state index is -4.11. The number of para-hydroxylation sites is 1. The molecule has 0 aliphatic rings. The first-order valence-electron chi connectivity index (χ1n) is 13.4. The molecule has 0 aliphatic heterocycles. The highest BCUT2D eigenvalue weighted by Crippen LogP contribution is 2.34. The first-order valence-corrected chi connectivity index (χ1v) is 14.8. The van der Waals surface area contributed by atoms with E-state index in [1.54, 1.807) is 30.5 Å². The van der Waals surface area contributed by atoms with E-state index in [1.807, 2.05) is 32.9 Å². The number of hydrazone groups is 1. The number of ether oxygens (including phenoxy) is 2. The molecule has 3 aromatic carbocycles. The molecule has 9 nitrogen and oxygen atoms in total. The molecule has 1 heterocycles. The van der Waals surface area contributed by atoms with Crippen LogP contribution >= 0.6 is 0 Å². The summed E-state index contributed by atoms with van der Waals surface area (Å²) in [5.74, 6) is 0.151. The molecular weight excluding hydrogens is 552 g/mol. The summed E-state index contributed by atoms with van der Waals surface area (Å²) in [5.41, 5.74) is 9.89. The maximum atomic E-state index is 13.7. The van der Waals surface area contributed by atoms with Crippen LogP contribution in [0.5, 0.6) is 11.5 Å². The third-order valence-electron chi connectivity index (χ3n) is 7.08. The normalized spacial score (nSPS) is 11.5. The lowest BCUT2D eigenvalue weighted by Gasteiger charge is -2.24. The van der Waals surface area contributed by atoms with Gasteiger partial charge >= 0.3 is 0 Å². The molecule has 0 fully saturated rings. The zero-order valence-corrected chi connectivity index (χ0v) is 25.7. The van der Waals surface area contributed by atoms with Crippen LogP contribution in [0.1, 0.15) is 33.6 Å². The average Bonchev–Trinajstić information content (AvgIpc) is 3.23. The van der Waals surface area contributed by atoms with Crippen molar-refractivity contribution >= 4 is 27.8 Å². The Morgan fingerprint density at radius 1 is 0.905 bits per heavy atom. The molecular formula is C32H36N4O5S. The fourth-order valence-electron chi connectivity index (χ4n) is 4.89. The van der Waals surface area contributed by atoms with Crippen LogP contribution in [0.2, 0.25) is 0 Å². The van der Waals surface area contributed by atoms with Crippen LogP contribution in [0.4, 0.5) is 5.69 Å². The molecule has 4 aromatic rings. The lowest BCUT2D eigenvalue weighted by Crippen LogP contribution is -2.39. The number of aromatic nitrogens is 1. The van der Waals surface area contributed by atoms with E-state index in [0.717, 1.165) is 43.6 Å². The van der Waals surface area contributed by atoms with E-state index < -0.39 is 22.5 Å². The van der Waals surface area contributed by atoms with Gasteiger partial charge in [-0.15, -0.1) is 0 Å². The highest BCUT2D eigenvalue weighted by molar-refractivity contribution is 7.92. The number of rotatable bonds is 10. The second-order valence-electron chi connectivity index (χ2n) is 10.1. The highest BCUT2D eigenvalue weighted by Gasteiger charge is 2.28. The Kier molecular flexibility index (Phi) is 9.06. The van der Waals surface area contributed by atoms with Crippen LogP contribution in [-0.4, -0.2) is 45.9 Å². The van der Waals surface area contributed by atoms with Gasteiger partial charge in [0.15, 0.2) is 11.5 Å². The summed E-state index contributed by atoms with van der Waals surface area (Å²) < 4.78 is 41.3. The van der Waals surface area contributed by atoms with Crippen LogP contribution in [0.3, 0.4) is 0 Å². The minimum Gasteiger partial charge on any atom is -0.493 e. The number of nitrogens with one attached hydrogen (secondary N) is 1. The van der Waals surface area contributed by atoms with Crippen molar-refractivity contribution in [1.82, 2.24) is 9.99 Å². The quantitative estimate of drug-likeness (QED) is 0.198. The Labute approximate surface area is 247 Å². The monoisotopic (exact) mass is 588 g/mol. The van der Waals surface area contributed by atoms with Crippen molar-refractivity contribution in [2.45, 2.75) is 39.5 Å². The van der Waals surface area contributed by atoms with Gasteiger partial charge in [-0.3, -0.25) is 9.10 Å². The molecule has 0 bridgehead atoms. The molecule has 0 saturated carbocycles. The largest absolute Gasteiger partial charge is 0.493 e. The number of methoxy groups -OCH3 is 2. The third kappa shape index (κ3) is 6.18. The van der Waals surface area contributed by atoms with Crippen LogP contribution in [0.25, 0.3) is 5.69 Å². The van der Waals surface area contributed by atoms with Gasteiger partial charge in [0.25, 0.3) is 15.9 Å². The zero-order valence-electron chi connectivity index (χ0n) is 24.9. The molecule has 4 rings (SSSR count). The summed E-state index contributed by atoms with van der Waals surface area (Å²) in [5, 5.41) is 4.17. The molecule has 0 radical (unpaired) electrons. The molecule has 0 unspecified atom stereocenters. The number of carbonyl (C=O) groups is 1. The molecule has 220 valence electrons. The van der Waals surface area contributed by atoms with Crippen LogP contribution in [-0.2, 0) is 14.8 Å². The predicted octanol–water partition coefficient (Wildman–Crippen LogP) is 5.38. The fraction of sp³-hybridized carbons (Fsp3) is 0.250. The fourth-order valence-corrected chi connectivity index (χ4v) is 6.31. The number of anilines is 1. The van der Waals surface area contributed by atoms with Crippen molar-refractivity contribution in [3.63, 3.8) is 0 Å². The zero-order chi connectivity index (χ0) is 30.6. The Balaban J connectivity index is 1.61. The molecule has 0 aliphatic carbocycles. The SMILES string of the molecule is COc1ccc(N(CC(=O)N/N=C\c2cc(C)n(-c3c(C)cccc3C)c2C)S(=O)(=O)c2ccc(C)cc2)cc1OC. The summed E-state index contributed by atoms with van der Waals surface area (Å²) in [6, 6.07) is 19.3. The predicted molar refractivity (Wildman–Crippen MR) is 166 cm³/mol. The minimum absolute atomic E-state index is 0.0538. The molecule has 0 atom stereocenters. The maximum absolute atomic E-state index is 13.7. The van der Waals surface area contributed by atoms with Crippen molar-refractivity contribution in [1.29, 1.82) is 0 Å². The van der Waals surface area contributed by atoms with Crippen molar-refractivity contribution in [3.8, 4) is 17.2 Å². The van der Waals surface area contributed by atoms with E-state index >= 15 is 0 Å². The number of nitrogens with zero attached hydrogens (tertiary/aromatic N) is 3. The number of hydrogen-bond acceptors (Lipinski definition) is 6. The summed E-state index contributed by atoms with van der Waals surface area (Å²) in [6.07, 6.45) is 1.57. The van der Waals surface area contributed by atoms with E-state index in [0.29, 0.717) is 11.5 Å². The lowest BCUT2D eigenvalue weighted by atomic mass is 10.1. The van der Waals surface area contributed by atoms with Crippen molar-refractivity contribution in [2.24, 2.45) is 5.10 Å². The number of hydrogen-bond donors (Lipinski definition) is 1. The van der Waals surface area contributed by atoms with Gasteiger partial charge in [0.2, 0.25) is 0 Å². The summed E-state index contributed by atoms with van der Waals surface area (Å²) in [4.78, 5) is 13.2. The van der Waals surface area contributed by atoms with Crippen LogP contribution in [0.15, 0.2) is 76.7 Å². The molecule has 0 spiro atoms. The van der Waals surface area contributed by atoms with Gasteiger partial charge in [0, 0.05) is 23.0 Å². The molecule has 1 aromatic heterocycles. The molecule has 10 heteroatoms. The molecule has 1 N–H and O–H groups in total. The molecule has 42 heavy (non-hydrogen) atoms. The Bertz CT molecular complexity index is 1720. The Hall–Kier alpha value is -4.57. The topological polar surface area (TPSA) is 102 Å². The standard InChI is InChI=1S/C32H36N4O5S/c1-21-11-14-28(15-12-21)42(38,39)35(27-13-16-29(40-6)30(18-27)41-7)20-31(37)34-33-19-26-17-24(4)36(25(26)5)32-22(2)9-8-10-23(32)3/h8-19H,20H2,1-7H3,(H,34,37)/b33-19-. The number of benzene rings is 3.